The predicted molar refractivity (Wildman–Crippen MR) is 171 cm³/mol. The molecule has 0 spiro atoms. The zero-order valence-corrected chi connectivity index (χ0v) is 28.8. The monoisotopic (exact) mass is 685 g/mol. The van der Waals surface area contributed by atoms with Crippen molar-refractivity contribution < 1.29 is 31.7 Å². The molecule has 1 heterocycles. The topological polar surface area (TPSA) is 99.2 Å². The van der Waals surface area contributed by atoms with Crippen molar-refractivity contribution in [3.05, 3.63) is 74.5 Å². The molecule has 2 aliphatic carbocycles. The molecule has 44 heavy (non-hydrogen) atoms. The number of Topliss-reactive ketones (excluding diaryl/α,β-unsaturated/α-hetero) is 2. The first-order chi connectivity index (χ1) is 20.6. The van der Waals surface area contributed by atoms with Crippen molar-refractivity contribution in [3.63, 3.8) is 0 Å². The Labute approximate surface area is 268 Å². The van der Waals surface area contributed by atoms with Gasteiger partial charge >= 0.3 is 10.1 Å². The van der Waals surface area contributed by atoms with E-state index in [1.807, 2.05) is 6.92 Å². The largest absolute Gasteiger partial charge is 0.493 e. The average Bonchev–Trinajstić information content (AvgIpc) is 2.91. The van der Waals surface area contributed by atoms with Crippen LogP contribution in [0, 0.1) is 17.8 Å². The van der Waals surface area contributed by atoms with Crippen molar-refractivity contribution in [3.8, 4) is 11.5 Å². The maximum atomic E-state index is 14.0. The summed E-state index contributed by atoms with van der Waals surface area (Å²) in [6.07, 6.45) is 2.07. The Balaban J connectivity index is 1.69. The van der Waals surface area contributed by atoms with Gasteiger partial charge in [-0.2, -0.15) is 8.42 Å². The van der Waals surface area contributed by atoms with Crippen LogP contribution >= 0.6 is 15.9 Å². The summed E-state index contributed by atoms with van der Waals surface area (Å²) in [7, 11) is -1.09. The number of ether oxygens (including phenoxy) is 2. The molecule has 2 aromatic carbocycles. The molecule has 10 heteroatoms. The second kappa shape index (κ2) is 11.8. The number of hydrogen-bond acceptors (Lipinski definition) is 8. The van der Waals surface area contributed by atoms with Gasteiger partial charge in [-0.3, -0.25) is 9.59 Å². The van der Waals surface area contributed by atoms with Gasteiger partial charge in [0.15, 0.2) is 23.1 Å². The molecule has 0 bridgehead atoms. The summed E-state index contributed by atoms with van der Waals surface area (Å²) in [6.45, 7) is 11.2. The number of benzene rings is 2. The normalized spacial score (nSPS) is 20.0. The summed E-state index contributed by atoms with van der Waals surface area (Å²) in [5.41, 5.74) is 4.15. The highest BCUT2D eigenvalue weighted by molar-refractivity contribution is 9.10. The Kier molecular flexibility index (Phi) is 8.67. The molecular formula is C34H40BrNO7S. The fraction of sp³-hybridized carbons (Fsp3) is 0.471. The van der Waals surface area contributed by atoms with Crippen molar-refractivity contribution in [2.75, 3.05) is 27.4 Å². The van der Waals surface area contributed by atoms with Crippen LogP contribution in [0.5, 0.6) is 11.5 Å². The van der Waals surface area contributed by atoms with Gasteiger partial charge in [0.1, 0.15) is 4.90 Å². The summed E-state index contributed by atoms with van der Waals surface area (Å²) < 4.78 is 43.5. The lowest BCUT2D eigenvalue weighted by molar-refractivity contribution is -0.119. The molecule has 0 atom stereocenters. The lowest BCUT2D eigenvalue weighted by atomic mass is 9.63. The fourth-order valence-electron chi connectivity index (χ4n) is 6.68. The number of halogens is 1. The Morgan fingerprint density at radius 2 is 1.43 bits per heavy atom. The van der Waals surface area contributed by atoms with Gasteiger partial charge in [-0.05, 0) is 76.4 Å². The molecule has 0 amide bonds. The quantitative estimate of drug-likeness (QED) is 0.278. The van der Waals surface area contributed by atoms with Crippen LogP contribution in [-0.2, 0) is 24.4 Å². The van der Waals surface area contributed by atoms with Crippen LogP contribution < -0.4 is 8.92 Å². The van der Waals surface area contributed by atoms with E-state index in [1.165, 1.54) is 19.2 Å². The molecule has 1 aliphatic heterocycles. The second-order valence-corrected chi connectivity index (χ2v) is 16.0. The van der Waals surface area contributed by atoms with Crippen molar-refractivity contribution in [1.82, 2.24) is 4.90 Å². The summed E-state index contributed by atoms with van der Waals surface area (Å²) in [4.78, 5) is 30.2. The molecule has 5 rings (SSSR count). The van der Waals surface area contributed by atoms with Crippen LogP contribution in [0.3, 0.4) is 0 Å². The molecule has 0 radical (unpaired) electrons. The Hall–Kier alpha value is -2.95. The first-order valence-electron chi connectivity index (χ1n) is 14.7. The minimum Gasteiger partial charge on any atom is -0.493 e. The van der Waals surface area contributed by atoms with Crippen molar-refractivity contribution in [2.24, 2.45) is 10.8 Å². The Bertz CT molecular complexity index is 1630. The minimum atomic E-state index is -4.18. The van der Waals surface area contributed by atoms with Gasteiger partial charge in [-0.1, -0.05) is 45.4 Å². The summed E-state index contributed by atoms with van der Waals surface area (Å²) in [6, 6.07) is 9.82. The molecule has 2 aromatic rings. The number of hydrogen-bond donors (Lipinski definition) is 0. The molecule has 236 valence electrons. The second-order valence-electron chi connectivity index (χ2n) is 13.6. The molecule has 3 aliphatic rings. The number of methoxy groups -OCH3 is 2. The van der Waals surface area contributed by atoms with E-state index in [9.17, 15) is 18.0 Å². The molecular weight excluding hydrogens is 646 g/mol. The van der Waals surface area contributed by atoms with E-state index < -0.39 is 16.0 Å². The highest BCUT2D eigenvalue weighted by Gasteiger charge is 2.49. The van der Waals surface area contributed by atoms with Gasteiger partial charge < -0.3 is 18.6 Å². The third kappa shape index (κ3) is 6.13. The van der Waals surface area contributed by atoms with Crippen LogP contribution in [0.4, 0.5) is 0 Å². The van der Waals surface area contributed by atoms with Gasteiger partial charge in [-0.25, -0.2) is 0 Å². The van der Waals surface area contributed by atoms with Crippen molar-refractivity contribution >= 4 is 37.6 Å². The van der Waals surface area contributed by atoms with E-state index in [4.69, 9.17) is 13.7 Å². The van der Waals surface area contributed by atoms with Crippen LogP contribution in [0.15, 0.2) is 68.3 Å². The molecule has 0 N–H and O–H groups in total. The highest BCUT2D eigenvalue weighted by Crippen LogP contribution is 2.55. The predicted octanol–water partition coefficient (Wildman–Crippen LogP) is 6.87. The zero-order chi connectivity index (χ0) is 32.2. The average molecular weight is 687 g/mol. The molecule has 8 nitrogen and oxygen atoms in total. The van der Waals surface area contributed by atoms with Crippen molar-refractivity contribution in [2.45, 2.75) is 71.1 Å². The number of allylic oxidation sites excluding steroid dienone is 4. The van der Waals surface area contributed by atoms with Crippen LogP contribution in [-0.4, -0.2) is 52.3 Å². The highest BCUT2D eigenvalue weighted by atomic mass is 79.9. The third-order valence-corrected chi connectivity index (χ3v) is 10.5. The van der Waals surface area contributed by atoms with E-state index in [2.05, 4.69) is 48.5 Å². The summed E-state index contributed by atoms with van der Waals surface area (Å²) >= 11 is 3.53. The fourth-order valence-corrected chi connectivity index (χ4v) is 8.29. The molecule has 0 saturated heterocycles. The van der Waals surface area contributed by atoms with Crippen molar-refractivity contribution in [1.29, 1.82) is 0 Å². The van der Waals surface area contributed by atoms with Gasteiger partial charge in [0.2, 0.25) is 0 Å². The number of nitrogens with zero attached hydrogens (tertiary/aromatic N) is 1. The van der Waals surface area contributed by atoms with Crippen LogP contribution in [0.25, 0.3) is 0 Å². The summed E-state index contributed by atoms with van der Waals surface area (Å²) in [5.74, 6) is -0.456. The minimum absolute atomic E-state index is 0.00483. The lowest BCUT2D eigenvalue weighted by Gasteiger charge is -2.49. The van der Waals surface area contributed by atoms with Crippen LogP contribution in [0.1, 0.15) is 70.4 Å². The van der Waals surface area contributed by atoms with E-state index in [-0.39, 0.29) is 38.8 Å². The Morgan fingerprint density at radius 1 is 0.886 bits per heavy atom. The maximum absolute atomic E-state index is 14.0. The van der Waals surface area contributed by atoms with E-state index in [0.717, 1.165) is 17.0 Å². The van der Waals surface area contributed by atoms with E-state index >= 15 is 0 Å². The third-order valence-electron chi connectivity index (χ3n) is 8.63. The molecule has 0 saturated carbocycles. The van der Waals surface area contributed by atoms with Gasteiger partial charge in [-0.15, -0.1) is 0 Å². The first-order valence-corrected chi connectivity index (χ1v) is 16.9. The van der Waals surface area contributed by atoms with Gasteiger partial charge in [0, 0.05) is 55.0 Å². The van der Waals surface area contributed by atoms with Gasteiger partial charge in [0.25, 0.3) is 0 Å². The van der Waals surface area contributed by atoms with Crippen LogP contribution in [0.2, 0.25) is 0 Å². The Morgan fingerprint density at radius 3 is 1.93 bits per heavy atom. The standard InChI is InChI=1S/C34H40BrNO7S/c1-20-8-10-22(11-9-20)44(39,40)43-32-23(35)14-21(15-28(32)42-7)29-30-24(16-33(2,3)18-26(30)37)36(12-13-41-6)25-17-34(4,5)19-27(38)31(25)29/h8-11,14-15,29H,12-13,16-19H2,1-7H3. The zero-order valence-electron chi connectivity index (χ0n) is 26.4. The molecule has 0 unspecified atom stereocenters. The number of rotatable bonds is 8. The summed E-state index contributed by atoms with van der Waals surface area (Å²) in [5, 5.41) is 0. The lowest BCUT2D eigenvalue weighted by Crippen LogP contribution is -2.45. The molecule has 0 aromatic heterocycles. The number of carbonyl (C=O) groups is 2. The first kappa shape index (κ1) is 32.4. The van der Waals surface area contributed by atoms with E-state index in [0.29, 0.717) is 60.0 Å². The van der Waals surface area contributed by atoms with E-state index in [1.54, 1.807) is 31.4 Å². The number of ketones is 2. The molecule has 0 fully saturated rings. The smallest absolute Gasteiger partial charge is 0.339 e. The number of aryl methyl sites for hydroxylation is 1. The number of carbonyl (C=O) groups excluding carboxylic acids is 2. The maximum Gasteiger partial charge on any atom is 0.339 e. The SMILES string of the molecule is COCCN1C2=C(C(=O)CC(C)(C)C2)C(c2cc(Br)c(OS(=O)(=O)c3ccc(C)cc3)c(OC)c2)C2=C1CC(C)(C)CC2=O. The van der Waals surface area contributed by atoms with Gasteiger partial charge in [0.05, 0.1) is 18.2 Å².